The van der Waals surface area contributed by atoms with Gasteiger partial charge in [-0.25, -0.2) is 0 Å². The zero-order valence-electron chi connectivity index (χ0n) is 13.4. The van der Waals surface area contributed by atoms with Gasteiger partial charge in [0.05, 0.1) is 11.0 Å². The molecule has 0 aromatic carbocycles. The van der Waals surface area contributed by atoms with Crippen LogP contribution in [0.4, 0.5) is 10.7 Å². The fourth-order valence-electron chi connectivity index (χ4n) is 1.99. The van der Waals surface area contributed by atoms with Gasteiger partial charge in [-0.3, -0.25) is 10.1 Å². The van der Waals surface area contributed by atoms with Crippen LogP contribution in [-0.4, -0.2) is 48.7 Å². The Labute approximate surface area is 130 Å². The Morgan fingerprint density at radius 2 is 1.95 bits per heavy atom. The molecule has 0 aliphatic rings. The Morgan fingerprint density at radius 3 is 2.38 bits per heavy atom. The molecule has 1 rings (SSSR count). The van der Waals surface area contributed by atoms with Crippen molar-refractivity contribution >= 4 is 22.0 Å². The number of thiophene rings is 1. The van der Waals surface area contributed by atoms with Gasteiger partial charge in [0.25, 0.3) is 0 Å². The van der Waals surface area contributed by atoms with Crippen LogP contribution in [0.15, 0.2) is 6.07 Å². The van der Waals surface area contributed by atoms with E-state index in [1.165, 1.54) is 17.4 Å². The molecule has 1 aromatic rings. The van der Waals surface area contributed by atoms with Crippen LogP contribution in [0, 0.1) is 16.0 Å². The lowest BCUT2D eigenvalue weighted by Crippen LogP contribution is -2.34. The molecule has 7 heteroatoms. The zero-order chi connectivity index (χ0) is 16.2. The predicted molar refractivity (Wildman–Crippen MR) is 87.2 cm³/mol. The summed E-state index contributed by atoms with van der Waals surface area (Å²) in [5, 5.41) is 21.6. The van der Waals surface area contributed by atoms with Crippen molar-refractivity contribution in [1.29, 1.82) is 0 Å². The van der Waals surface area contributed by atoms with Gasteiger partial charge >= 0.3 is 5.69 Å². The second-order valence-electron chi connectivity index (χ2n) is 5.92. The summed E-state index contributed by atoms with van der Waals surface area (Å²) in [6.07, 6.45) is -0.683. The molecule has 0 amide bonds. The first kappa shape index (κ1) is 17.9. The highest BCUT2D eigenvalue weighted by Gasteiger charge is 2.25. The third-order valence-corrected chi connectivity index (χ3v) is 4.37. The number of hydrogen-bond acceptors (Lipinski definition) is 6. The number of hydrogen-bond donors (Lipinski definition) is 1. The molecule has 1 atom stereocenters. The summed E-state index contributed by atoms with van der Waals surface area (Å²) in [7, 11) is 3.97. The average molecular weight is 315 g/mol. The lowest BCUT2D eigenvalue weighted by Gasteiger charge is -2.26. The summed E-state index contributed by atoms with van der Waals surface area (Å²) in [5.74, 6) is 0.406. The Hall–Kier alpha value is -1.18. The summed E-state index contributed by atoms with van der Waals surface area (Å²) in [4.78, 5) is 15.7. The molecule has 21 heavy (non-hydrogen) atoms. The van der Waals surface area contributed by atoms with E-state index in [1.807, 2.05) is 14.1 Å². The summed E-state index contributed by atoms with van der Waals surface area (Å²) in [6.45, 7) is 8.13. The van der Waals surface area contributed by atoms with Crippen molar-refractivity contribution in [2.75, 3.05) is 38.6 Å². The number of anilines is 1. The Bertz CT molecular complexity index is 472. The minimum Gasteiger partial charge on any atom is -0.388 e. The second kappa shape index (κ2) is 7.72. The van der Waals surface area contributed by atoms with Crippen LogP contribution >= 0.6 is 11.3 Å². The fraction of sp³-hybridized carbons (Fsp3) is 0.714. The van der Waals surface area contributed by atoms with E-state index in [0.29, 0.717) is 15.8 Å². The molecule has 1 aromatic heterocycles. The van der Waals surface area contributed by atoms with Crippen LogP contribution < -0.4 is 4.90 Å². The van der Waals surface area contributed by atoms with Gasteiger partial charge in [0.15, 0.2) is 5.00 Å². The van der Waals surface area contributed by atoms with Crippen LogP contribution in [0.3, 0.4) is 0 Å². The topological polar surface area (TPSA) is 69.8 Å². The van der Waals surface area contributed by atoms with Gasteiger partial charge in [-0.1, -0.05) is 13.8 Å². The zero-order valence-corrected chi connectivity index (χ0v) is 14.2. The Morgan fingerprint density at radius 1 is 1.33 bits per heavy atom. The lowest BCUT2D eigenvalue weighted by molar-refractivity contribution is -0.383. The van der Waals surface area contributed by atoms with Crippen molar-refractivity contribution < 1.29 is 10.0 Å². The molecule has 1 heterocycles. The maximum atomic E-state index is 11.3. The van der Waals surface area contributed by atoms with E-state index < -0.39 is 6.10 Å². The molecule has 0 aliphatic carbocycles. The molecular weight excluding hydrogens is 290 g/mol. The van der Waals surface area contributed by atoms with Crippen molar-refractivity contribution in [2.24, 2.45) is 5.92 Å². The van der Waals surface area contributed by atoms with Crippen molar-refractivity contribution in [1.82, 2.24) is 4.90 Å². The van der Waals surface area contributed by atoms with Crippen LogP contribution in [0.5, 0.6) is 0 Å². The lowest BCUT2D eigenvalue weighted by atomic mass is 10.2. The summed E-state index contributed by atoms with van der Waals surface area (Å²) < 4.78 is 0. The Kier molecular flexibility index (Phi) is 6.57. The highest BCUT2D eigenvalue weighted by atomic mass is 32.1. The first-order valence-electron chi connectivity index (χ1n) is 7.08. The number of nitrogens with zero attached hydrogens (tertiary/aromatic N) is 3. The second-order valence-corrected chi connectivity index (χ2v) is 6.98. The van der Waals surface area contributed by atoms with Gasteiger partial charge in [-0.05, 0) is 26.9 Å². The molecular formula is C14H25N3O3S. The van der Waals surface area contributed by atoms with Crippen LogP contribution in [0.1, 0.15) is 31.8 Å². The molecule has 0 aliphatic heterocycles. The van der Waals surface area contributed by atoms with E-state index in [1.54, 1.807) is 6.92 Å². The average Bonchev–Trinajstić information content (AvgIpc) is 2.78. The molecule has 0 bridgehead atoms. The molecule has 0 saturated heterocycles. The predicted octanol–water partition coefficient (Wildman–Crippen LogP) is 2.73. The van der Waals surface area contributed by atoms with E-state index in [-0.39, 0.29) is 10.6 Å². The number of aliphatic hydroxyl groups is 1. The largest absolute Gasteiger partial charge is 0.388 e. The third kappa shape index (κ3) is 5.26. The minimum atomic E-state index is -0.683. The number of rotatable bonds is 8. The van der Waals surface area contributed by atoms with Gasteiger partial charge in [-0.15, -0.1) is 11.3 Å². The number of aliphatic hydroxyl groups excluding tert-OH is 1. The first-order valence-corrected chi connectivity index (χ1v) is 7.89. The standard InChI is InChI=1S/C14H25N3O3S/c1-10(2)9-16(7-6-15(4)5)14-12(17(19)20)8-13(21-14)11(3)18/h8,10-11,18H,6-7,9H2,1-5H3. The molecule has 0 fully saturated rings. The molecule has 0 saturated carbocycles. The summed E-state index contributed by atoms with van der Waals surface area (Å²) >= 11 is 1.31. The normalized spacial score (nSPS) is 13.0. The van der Waals surface area contributed by atoms with Crippen LogP contribution in [0.25, 0.3) is 0 Å². The summed E-state index contributed by atoms with van der Waals surface area (Å²) in [6, 6.07) is 1.49. The highest BCUT2D eigenvalue weighted by Crippen LogP contribution is 2.40. The molecule has 1 N–H and O–H groups in total. The maximum absolute atomic E-state index is 11.3. The van der Waals surface area contributed by atoms with E-state index in [0.717, 1.165) is 19.6 Å². The van der Waals surface area contributed by atoms with Gasteiger partial charge in [0, 0.05) is 30.6 Å². The fourth-order valence-corrected chi connectivity index (χ4v) is 3.09. The molecule has 1 unspecified atom stereocenters. The quantitative estimate of drug-likeness (QED) is 0.590. The van der Waals surface area contributed by atoms with Gasteiger partial charge < -0.3 is 14.9 Å². The number of nitro groups is 1. The highest BCUT2D eigenvalue weighted by molar-refractivity contribution is 7.16. The maximum Gasteiger partial charge on any atom is 0.304 e. The van der Waals surface area contributed by atoms with Crippen molar-refractivity contribution in [3.8, 4) is 0 Å². The Balaban J connectivity index is 3.11. The van der Waals surface area contributed by atoms with Crippen molar-refractivity contribution in [2.45, 2.75) is 26.9 Å². The molecule has 0 spiro atoms. The molecule has 6 nitrogen and oxygen atoms in total. The van der Waals surface area contributed by atoms with E-state index in [4.69, 9.17) is 0 Å². The van der Waals surface area contributed by atoms with Crippen molar-refractivity contribution in [3.05, 3.63) is 21.1 Å². The van der Waals surface area contributed by atoms with Crippen molar-refractivity contribution in [3.63, 3.8) is 0 Å². The van der Waals surface area contributed by atoms with Crippen LogP contribution in [0.2, 0.25) is 0 Å². The minimum absolute atomic E-state index is 0.0929. The molecule has 0 radical (unpaired) electrons. The monoisotopic (exact) mass is 315 g/mol. The van der Waals surface area contributed by atoms with Gasteiger partial charge in [0.1, 0.15) is 0 Å². The molecule has 120 valence electrons. The smallest absolute Gasteiger partial charge is 0.304 e. The van der Waals surface area contributed by atoms with E-state index >= 15 is 0 Å². The first-order chi connectivity index (χ1) is 9.72. The third-order valence-electron chi connectivity index (χ3n) is 3.01. The van der Waals surface area contributed by atoms with E-state index in [9.17, 15) is 15.2 Å². The van der Waals surface area contributed by atoms with Gasteiger partial charge in [0.2, 0.25) is 0 Å². The summed E-state index contributed by atoms with van der Waals surface area (Å²) in [5.41, 5.74) is 0.0929. The number of likely N-dealkylation sites (N-methyl/N-ethyl adjacent to an activating group) is 1. The van der Waals surface area contributed by atoms with Crippen LogP contribution in [-0.2, 0) is 0 Å². The van der Waals surface area contributed by atoms with E-state index in [2.05, 4.69) is 23.6 Å². The SMILES string of the molecule is CC(C)CN(CCN(C)C)c1sc(C(C)O)cc1[N+](=O)[O-]. The van der Waals surface area contributed by atoms with Gasteiger partial charge in [-0.2, -0.15) is 0 Å².